The van der Waals surface area contributed by atoms with E-state index in [1.165, 1.54) is 64.5 Å². The molecule has 2 aliphatic rings. The van der Waals surface area contributed by atoms with Crippen molar-refractivity contribution in [2.45, 2.75) is 90.3 Å². The molecule has 2 rings (SSSR count). The highest BCUT2D eigenvalue weighted by Crippen LogP contribution is 2.27. The molecule has 0 aromatic rings. The SMILES string of the molecule is CCC(CNC1CC1)N(CCC(C)C)C1CCCC1. The molecule has 0 spiro atoms. The Bertz CT molecular complexity index is 242. The van der Waals surface area contributed by atoms with Crippen molar-refractivity contribution in [1.82, 2.24) is 10.2 Å². The molecule has 0 saturated heterocycles. The Hall–Kier alpha value is -0.0800. The van der Waals surface area contributed by atoms with Crippen LogP contribution in [0.5, 0.6) is 0 Å². The Morgan fingerprint density at radius 1 is 1.11 bits per heavy atom. The van der Waals surface area contributed by atoms with Crippen LogP contribution in [-0.2, 0) is 0 Å². The average Bonchev–Trinajstić information content (AvgIpc) is 3.06. The predicted octanol–water partition coefficient (Wildman–Crippen LogP) is 3.81. The van der Waals surface area contributed by atoms with Crippen LogP contribution in [0.1, 0.15) is 72.1 Å². The van der Waals surface area contributed by atoms with Gasteiger partial charge in [-0.3, -0.25) is 4.90 Å². The minimum Gasteiger partial charge on any atom is -0.312 e. The molecule has 0 aromatic carbocycles. The lowest BCUT2D eigenvalue weighted by atomic mass is 10.0. The van der Waals surface area contributed by atoms with Gasteiger partial charge in [0.25, 0.3) is 0 Å². The van der Waals surface area contributed by atoms with E-state index in [2.05, 4.69) is 31.0 Å². The van der Waals surface area contributed by atoms with Gasteiger partial charge < -0.3 is 5.32 Å². The summed E-state index contributed by atoms with van der Waals surface area (Å²) in [5.74, 6) is 0.831. The highest BCUT2D eigenvalue weighted by Gasteiger charge is 2.29. The molecule has 0 aliphatic heterocycles. The molecule has 19 heavy (non-hydrogen) atoms. The Morgan fingerprint density at radius 3 is 2.32 bits per heavy atom. The smallest absolute Gasteiger partial charge is 0.0221 e. The van der Waals surface area contributed by atoms with Crippen molar-refractivity contribution in [3.63, 3.8) is 0 Å². The van der Waals surface area contributed by atoms with Crippen LogP contribution in [0.15, 0.2) is 0 Å². The first-order valence-electron chi connectivity index (χ1n) is 8.69. The molecule has 1 unspecified atom stereocenters. The fourth-order valence-electron chi connectivity index (χ4n) is 3.39. The maximum atomic E-state index is 3.76. The van der Waals surface area contributed by atoms with Gasteiger partial charge in [0.2, 0.25) is 0 Å². The van der Waals surface area contributed by atoms with Gasteiger partial charge in [0.05, 0.1) is 0 Å². The van der Waals surface area contributed by atoms with Gasteiger partial charge in [0.1, 0.15) is 0 Å². The molecule has 2 nitrogen and oxygen atoms in total. The molecule has 2 fully saturated rings. The summed E-state index contributed by atoms with van der Waals surface area (Å²) in [6, 6.07) is 2.50. The van der Waals surface area contributed by atoms with E-state index in [1.54, 1.807) is 0 Å². The van der Waals surface area contributed by atoms with Crippen LogP contribution in [0.2, 0.25) is 0 Å². The molecule has 0 amide bonds. The quantitative estimate of drug-likeness (QED) is 0.683. The van der Waals surface area contributed by atoms with Crippen molar-refractivity contribution in [3.8, 4) is 0 Å². The van der Waals surface area contributed by atoms with E-state index in [9.17, 15) is 0 Å². The summed E-state index contributed by atoms with van der Waals surface area (Å²) in [5, 5.41) is 3.76. The zero-order valence-corrected chi connectivity index (χ0v) is 13.3. The van der Waals surface area contributed by atoms with Gasteiger partial charge in [0.15, 0.2) is 0 Å². The molecule has 1 N–H and O–H groups in total. The standard InChI is InChI=1S/C17H34N2/c1-4-16(13-18-15-9-10-15)19(12-11-14(2)3)17-7-5-6-8-17/h14-18H,4-13H2,1-3H3. The van der Waals surface area contributed by atoms with E-state index in [1.807, 2.05) is 0 Å². The molecule has 2 saturated carbocycles. The van der Waals surface area contributed by atoms with Gasteiger partial charge in [0, 0.05) is 24.7 Å². The molecule has 0 bridgehead atoms. The van der Waals surface area contributed by atoms with Gasteiger partial charge in [-0.05, 0) is 51.0 Å². The first-order valence-corrected chi connectivity index (χ1v) is 8.69. The molecular weight excluding hydrogens is 232 g/mol. The Balaban J connectivity index is 1.87. The van der Waals surface area contributed by atoms with E-state index < -0.39 is 0 Å². The van der Waals surface area contributed by atoms with E-state index >= 15 is 0 Å². The maximum Gasteiger partial charge on any atom is 0.0221 e. The summed E-state index contributed by atoms with van der Waals surface area (Å²) >= 11 is 0. The average molecular weight is 266 g/mol. The lowest BCUT2D eigenvalue weighted by molar-refractivity contribution is 0.121. The summed E-state index contributed by atoms with van der Waals surface area (Å²) in [7, 11) is 0. The zero-order chi connectivity index (χ0) is 13.7. The Morgan fingerprint density at radius 2 is 1.79 bits per heavy atom. The second-order valence-electron chi connectivity index (χ2n) is 7.10. The van der Waals surface area contributed by atoms with E-state index in [0.29, 0.717) is 0 Å². The van der Waals surface area contributed by atoms with Crippen LogP contribution in [0.25, 0.3) is 0 Å². The fraction of sp³-hybridized carbons (Fsp3) is 1.00. The van der Waals surface area contributed by atoms with Crippen LogP contribution in [0.4, 0.5) is 0 Å². The molecular formula is C17H34N2. The van der Waals surface area contributed by atoms with Crippen molar-refractivity contribution >= 4 is 0 Å². The summed E-state index contributed by atoms with van der Waals surface area (Å²) in [4.78, 5) is 2.86. The number of nitrogens with zero attached hydrogens (tertiary/aromatic N) is 1. The van der Waals surface area contributed by atoms with Gasteiger partial charge in [-0.25, -0.2) is 0 Å². The third kappa shape index (κ3) is 5.07. The van der Waals surface area contributed by atoms with Crippen LogP contribution in [0.3, 0.4) is 0 Å². The zero-order valence-electron chi connectivity index (χ0n) is 13.3. The highest BCUT2D eigenvalue weighted by atomic mass is 15.2. The van der Waals surface area contributed by atoms with Crippen molar-refractivity contribution < 1.29 is 0 Å². The summed E-state index contributed by atoms with van der Waals surface area (Å²) in [5.41, 5.74) is 0. The minimum atomic E-state index is 0.766. The summed E-state index contributed by atoms with van der Waals surface area (Å²) < 4.78 is 0. The van der Waals surface area contributed by atoms with Gasteiger partial charge in [-0.1, -0.05) is 33.6 Å². The van der Waals surface area contributed by atoms with Crippen molar-refractivity contribution in [1.29, 1.82) is 0 Å². The molecule has 112 valence electrons. The number of hydrogen-bond acceptors (Lipinski definition) is 2. The monoisotopic (exact) mass is 266 g/mol. The van der Waals surface area contributed by atoms with E-state index in [0.717, 1.165) is 24.0 Å². The fourth-order valence-corrected chi connectivity index (χ4v) is 3.39. The molecule has 1 atom stereocenters. The highest BCUT2D eigenvalue weighted by molar-refractivity contribution is 4.87. The van der Waals surface area contributed by atoms with Crippen molar-refractivity contribution in [3.05, 3.63) is 0 Å². The van der Waals surface area contributed by atoms with Crippen LogP contribution < -0.4 is 5.32 Å². The summed E-state index contributed by atoms with van der Waals surface area (Å²) in [6.45, 7) is 9.62. The first-order chi connectivity index (χ1) is 9.20. The number of rotatable bonds is 9. The third-order valence-corrected chi connectivity index (χ3v) is 4.92. The molecule has 0 radical (unpaired) electrons. The van der Waals surface area contributed by atoms with E-state index in [4.69, 9.17) is 0 Å². The summed E-state index contributed by atoms with van der Waals surface area (Å²) in [6.07, 6.45) is 11.3. The lowest BCUT2D eigenvalue weighted by Gasteiger charge is -2.37. The number of nitrogens with one attached hydrogen (secondary N) is 1. The topological polar surface area (TPSA) is 15.3 Å². The third-order valence-electron chi connectivity index (χ3n) is 4.92. The molecule has 2 heteroatoms. The molecule has 2 aliphatic carbocycles. The first kappa shape index (κ1) is 15.3. The van der Waals surface area contributed by atoms with Crippen LogP contribution >= 0.6 is 0 Å². The molecule has 0 heterocycles. The van der Waals surface area contributed by atoms with Crippen molar-refractivity contribution in [2.75, 3.05) is 13.1 Å². The lowest BCUT2D eigenvalue weighted by Crippen LogP contribution is -2.47. The second-order valence-corrected chi connectivity index (χ2v) is 7.10. The largest absolute Gasteiger partial charge is 0.312 e. The number of hydrogen-bond donors (Lipinski definition) is 1. The normalized spacial score (nSPS) is 22.6. The van der Waals surface area contributed by atoms with Gasteiger partial charge >= 0.3 is 0 Å². The van der Waals surface area contributed by atoms with Gasteiger partial charge in [-0.2, -0.15) is 0 Å². The Labute approximate surface area is 120 Å². The maximum absolute atomic E-state index is 3.76. The second kappa shape index (κ2) is 7.64. The molecule has 0 aromatic heterocycles. The van der Waals surface area contributed by atoms with Crippen LogP contribution in [0, 0.1) is 5.92 Å². The van der Waals surface area contributed by atoms with E-state index in [-0.39, 0.29) is 0 Å². The minimum absolute atomic E-state index is 0.766. The predicted molar refractivity (Wildman–Crippen MR) is 83.5 cm³/mol. The van der Waals surface area contributed by atoms with Crippen molar-refractivity contribution in [2.24, 2.45) is 5.92 Å². The van der Waals surface area contributed by atoms with Gasteiger partial charge in [-0.15, -0.1) is 0 Å². The Kier molecular flexibility index (Phi) is 6.15. The van der Waals surface area contributed by atoms with Crippen LogP contribution in [-0.4, -0.2) is 36.1 Å².